The molecular formula is C27H30N4O5. The van der Waals surface area contributed by atoms with Crippen molar-refractivity contribution >= 4 is 17.4 Å². The summed E-state index contributed by atoms with van der Waals surface area (Å²) < 4.78 is 12.4. The van der Waals surface area contributed by atoms with Crippen LogP contribution in [0.2, 0.25) is 0 Å². The van der Waals surface area contributed by atoms with Gasteiger partial charge in [-0.25, -0.2) is 4.68 Å². The average Bonchev–Trinajstić information content (AvgIpc) is 3.39. The van der Waals surface area contributed by atoms with Crippen molar-refractivity contribution < 1.29 is 29.1 Å². The van der Waals surface area contributed by atoms with Gasteiger partial charge >= 0.3 is 0 Å². The van der Waals surface area contributed by atoms with Gasteiger partial charge in [-0.15, -0.1) is 0 Å². The Balaban J connectivity index is 1.87. The van der Waals surface area contributed by atoms with Gasteiger partial charge in [-0.05, 0) is 36.8 Å². The molecule has 9 heteroatoms. The van der Waals surface area contributed by atoms with E-state index in [1.54, 1.807) is 29.8 Å². The predicted octanol–water partition coefficient (Wildman–Crippen LogP) is 0.566. The summed E-state index contributed by atoms with van der Waals surface area (Å²) in [5.74, 6) is -1.03. The van der Waals surface area contributed by atoms with Crippen LogP contribution in [0.4, 0.5) is 0 Å². The molecule has 1 aliphatic rings. The maximum absolute atomic E-state index is 13.9. The highest BCUT2D eigenvalue weighted by molar-refractivity contribution is 6.46. The van der Waals surface area contributed by atoms with Crippen molar-refractivity contribution in [1.29, 1.82) is 0 Å². The molecule has 2 heterocycles. The van der Waals surface area contributed by atoms with Crippen molar-refractivity contribution in [3.63, 3.8) is 0 Å². The van der Waals surface area contributed by atoms with Crippen molar-refractivity contribution in [1.82, 2.24) is 14.7 Å². The maximum Gasteiger partial charge on any atom is 0.295 e. The van der Waals surface area contributed by atoms with E-state index in [0.29, 0.717) is 35.8 Å². The minimum Gasteiger partial charge on any atom is -0.872 e. The number of hydrogen-bond donors (Lipinski definition) is 1. The molecule has 1 aromatic heterocycles. The van der Waals surface area contributed by atoms with Gasteiger partial charge in [-0.2, -0.15) is 5.10 Å². The van der Waals surface area contributed by atoms with Gasteiger partial charge in [-0.1, -0.05) is 30.0 Å². The maximum atomic E-state index is 13.9. The Morgan fingerprint density at radius 3 is 2.39 bits per heavy atom. The van der Waals surface area contributed by atoms with Gasteiger partial charge < -0.3 is 24.4 Å². The normalized spacial score (nSPS) is 17.2. The first kappa shape index (κ1) is 25.0. The molecule has 3 aromatic rings. The van der Waals surface area contributed by atoms with E-state index in [9.17, 15) is 14.7 Å². The summed E-state index contributed by atoms with van der Waals surface area (Å²) in [6.07, 6.45) is 1.45. The number of benzene rings is 2. The lowest BCUT2D eigenvalue weighted by Crippen LogP contribution is -3.06. The van der Waals surface area contributed by atoms with Gasteiger partial charge in [-0.3, -0.25) is 9.59 Å². The predicted molar refractivity (Wildman–Crippen MR) is 132 cm³/mol. The van der Waals surface area contributed by atoms with E-state index >= 15 is 0 Å². The fraction of sp³-hybridized carbons (Fsp3) is 0.296. The van der Waals surface area contributed by atoms with E-state index in [0.717, 1.165) is 10.6 Å². The second kappa shape index (κ2) is 10.2. The largest absolute Gasteiger partial charge is 0.872 e. The Hall–Kier alpha value is -4.11. The lowest BCUT2D eigenvalue weighted by molar-refractivity contribution is -0.857. The Bertz CT molecular complexity index is 1310. The molecule has 1 aliphatic heterocycles. The van der Waals surface area contributed by atoms with Crippen LogP contribution in [0.1, 0.15) is 22.9 Å². The molecule has 0 bridgehead atoms. The van der Waals surface area contributed by atoms with Crippen LogP contribution >= 0.6 is 0 Å². The first-order valence-electron chi connectivity index (χ1n) is 11.7. The number of carbonyl (C=O) groups is 2. The Morgan fingerprint density at radius 2 is 1.75 bits per heavy atom. The molecule has 1 N–H and O–H groups in total. The summed E-state index contributed by atoms with van der Waals surface area (Å²) in [6, 6.07) is 13.7. The molecule has 36 heavy (non-hydrogen) atoms. The second-order valence-electron chi connectivity index (χ2n) is 8.94. The number of likely N-dealkylation sites (N-methyl/N-ethyl adjacent to an activating group) is 1. The summed E-state index contributed by atoms with van der Waals surface area (Å²) >= 11 is 0. The number of carbonyl (C=O) groups excluding carboxylic acids is 2. The summed E-state index contributed by atoms with van der Waals surface area (Å²) in [4.78, 5) is 29.0. The molecule has 0 radical (unpaired) electrons. The van der Waals surface area contributed by atoms with Gasteiger partial charge in [0, 0.05) is 16.8 Å². The third-order valence-corrected chi connectivity index (χ3v) is 6.36. The summed E-state index contributed by atoms with van der Waals surface area (Å²) in [7, 11) is 6.97. The molecule has 0 spiro atoms. The first-order chi connectivity index (χ1) is 17.3. The van der Waals surface area contributed by atoms with Crippen molar-refractivity contribution in [3.8, 4) is 17.2 Å². The van der Waals surface area contributed by atoms with E-state index in [-0.39, 0.29) is 11.1 Å². The zero-order chi connectivity index (χ0) is 26.0. The zero-order valence-electron chi connectivity index (χ0n) is 21.1. The number of quaternary nitrogens is 1. The highest BCUT2D eigenvalue weighted by Crippen LogP contribution is 2.41. The highest BCUT2D eigenvalue weighted by atomic mass is 16.5. The number of ketones is 1. The Morgan fingerprint density at radius 1 is 1.06 bits per heavy atom. The number of likely N-dealkylation sites (tertiary alicyclic amines) is 1. The molecule has 1 atom stereocenters. The fourth-order valence-corrected chi connectivity index (χ4v) is 4.42. The minimum atomic E-state index is -0.851. The number of nitrogens with zero attached hydrogens (tertiary/aromatic N) is 3. The molecule has 1 saturated heterocycles. The van der Waals surface area contributed by atoms with E-state index in [2.05, 4.69) is 5.10 Å². The third-order valence-electron chi connectivity index (χ3n) is 6.36. The number of amides is 1. The smallest absolute Gasteiger partial charge is 0.295 e. The van der Waals surface area contributed by atoms with Gasteiger partial charge in [0.1, 0.15) is 0 Å². The van der Waals surface area contributed by atoms with Crippen molar-refractivity contribution in [2.75, 3.05) is 41.4 Å². The quantitative estimate of drug-likeness (QED) is 0.282. The third kappa shape index (κ3) is 4.45. The van der Waals surface area contributed by atoms with E-state index in [4.69, 9.17) is 9.47 Å². The number of Topliss-reactive ketones (excluding diaryl/α,β-unsaturated/α-hetero) is 1. The van der Waals surface area contributed by atoms with Crippen LogP contribution in [0.15, 0.2) is 60.3 Å². The molecular weight excluding hydrogens is 460 g/mol. The summed E-state index contributed by atoms with van der Waals surface area (Å²) in [5, 5.41) is 18.2. The number of aromatic nitrogens is 2. The molecule has 2 aromatic carbocycles. The van der Waals surface area contributed by atoms with Crippen LogP contribution in [0.25, 0.3) is 11.4 Å². The molecule has 1 fully saturated rings. The highest BCUT2D eigenvalue weighted by Gasteiger charge is 2.44. The molecule has 188 valence electrons. The number of hydrogen-bond acceptors (Lipinski definition) is 6. The van der Waals surface area contributed by atoms with Crippen LogP contribution < -0.4 is 19.5 Å². The lowest BCUT2D eigenvalue weighted by atomic mass is 9.95. The van der Waals surface area contributed by atoms with Gasteiger partial charge in [0.25, 0.3) is 5.91 Å². The van der Waals surface area contributed by atoms with Crippen LogP contribution in [0, 0.1) is 6.92 Å². The summed E-state index contributed by atoms with van der Waals surface area (Å²) in [6.45, 7) is 2.69. The monoisotopic (exact) mass is 490 g/mol. The standard InChI is InChI=1S/C27H30N4O5/c1-17-20(16-28-31(17)19-9-7-6-8-10-19)25(32)23-24(18-11-12-21(35-4)22(15-18)36-5)30(14-13-29(2)3)27(34)26(23)33/h6-12,15-16,24,32H,13-14H2,1-5H3. The number of para-hydroxylation sites is 1. The second-order valence-corrected chi connectivity index (χ2v) is 8.94. The first-order valence-corrected chi connectivity index (χ1v) is 11.7. The SMILES string of the molecule is COc1ccc(C2C(=C([O-])c3cnn(-c4ccccc4)c3C)C(=O)C(=O)N2CC[NH+](C)C)cc1OC. The van der Waals surface area contributed by atoms with E-state index in [1.807, 2.05) is 44.4 Å². The minimum absolute atomic E-state index is 0.0864. The number of ether oxygens (including phenoxy) is 2. The van der Waals surface area contributed by atoms with Crippen molar-refractivity contribution in [2.45, 2.75) is 13.0 Å². The topological polar surface area (TPSA) is 101 Å². The van der Waals surface area contributed by atoms with Crippen LogP contribution in [0.3, 0.4) is 0 Å². The molecule has 0 aliphatic carbocycles. The molecule has 0 saturated carbocycles. The lowest BCUT2D eigenvalue weighted by Gasteiger charge is -2.28. The fourth-order valence-electron chi connectivity index (χ4n) is 4.42. The van der Waals surface area contributed by atoms with Crippen LogP contribution in [-0.2, 0) is 9.59 Å². The molecule has 1 amide bonds. The number of nitrogens with one attached hydrogen (secondary N) is 1. The zero-order valence-corrected chi connectivity index (χ0v) is 21.1. The Kier molecular flexibility index (Phi) is 7.12. The van der Waals surface area contributed by atoms with Crippen LogP contribution in [0.5, 0.6) is 11.5 Å². The van der Waals surface area contributed by atoms with E-state index in [1.165, 1.54) is 25.3 Å². The number of rotatable bonds is 8. The van der Waals surface area contributed by atoms with Gasteiger partial charge in [0.2, 0.25) is 5.78 Å². The van der Waals surface area contributed by atoms with Gasteiger partial charge in [0.05, 0.1) is 59.3 Å². The van der Waals surface area contributed by atoms with Gasteiger partial charge in [0.15, 0.2) is 11.5 Å². The molecule has 9 nitrogen and oxygen atoms in total. The van der Waals surface area contributed by atoms with E-state index < -0.39 is 23.5 Å². The van der Waals surface area contributed by atoms with Crippen molar-refractivity contribution in [3.05, 3.63) is 77.1 Å². The molecule has 4 rings (SSSR count). The average molecular weight is 491 g/mol. The molecule has 1 unspecified atom stereocenters. The summed E-state index contributed by atoms with van der Waals surface area (Å²) in [5.41, 5.74) is 2.16. The van der Waals surface area contributed by atoms with Crippen LogP contribution in [-0.4, -0.2) is 67.8 Å². The Labute approximate surface area is 210 Å². The number of methoxy groups -OCH3 is 2. The van der Waals surface area contributed by atoms with Crippen molar-refractivity contribution in [2.24, 2.45) is 0 Å².